The maximum atomic E-state index is 11.5. The second kappa shape index (κ2) is 8.13. The number of amides is 1. The van der Waals surface area contributed by atoms with Gasteiger partial charge in [-0.3, -0.25) is 4.79 Å². The summed E-state index contributed by atoms with van der Waals surface area (Å²) in [4.78, 5) is 23.3. The van der Waals surface area contributed by atoms with Gasteiger partial charge >= 0.3 is 6.01 Å². The zero-order valence-corrected chi connectivity index (χ0v) is 12.1. The second-order valence-electron chi connectivity index (χ2n) is 4.55. The van der Waals surface area contributed by atoms with Gasteiger partial charge in [-0.25, -0.2) is 0 Å². The molecule has 112 valence electrons. The van der Waals surface area contributed by atoms with Crippen LogP contribution in [-0.2, 0) is 4.79 Å². The van der Waals surface area contributed by atoms with Crippen molar-refractivity contribution in [2.24, 2.45) is 0 Å². The van der Waals surface area contributed by atoms with E-state index in [1.165, 1.54) is 0 Å². The van der Waals surface area contributed by atoms with E-state index >= 15 is 0 Å². The Labute approximate surface area is 118 Å². The number of ether oxygens (including phenoxy) is 1. The van der Waals surface area contributed by atoms with E-state index in [-0.39, 0.29) is 23.9 Å². The van der Waals surface area contributed by atoms with Gasteiger partial charge in [-0.2, -0.15) is 15.0 Å². The molecule has 8 heteroatoms. The van der Waals surface area contributed by atoms with E-state index in [0.29, 0.717) is 25.5 Å². The number of nitrogens with one attached hydrogen (secondary N) is 2. The van der Waals surface area contributed by atoms with E-state index < -0.39 is 0 Å². The van der Waals surface area contributed by atoms with Crippen LogP contribution in [0.5, 0.6) is 6.01 Å². The standard InChI is InChI=1S/C12H22N6O2/c1-4-7-20-12-17-10(13)16-11(18-12)14-6-5-9(19)15-8(2)3/h8H,4-7H2,1-3H3,(H,15,19)(H3,13,14,16,17,18). The number of hydrogen-bond donors (Lipinski definition) is 3. The Balaban J connectivity index is 2.46. The highest BCUT2D eigenvalue weighted by Gasteiger charge is 2.07. The van der Waals surface area contributed by atoms with Gasteiger partial charge in [0.15, 0.2) is 0 Å². The zero-order chi connectivity index (χ0) is 15.0. The predicted molar refractivity (Wildman–Crippen MR) is 76.4 cm³/mol. The summed E-state index contributed by atoms with van der Waals surface area (Å²) in [7, 11) is 0. The summed E-state index contributed by atoms with van der Waals surface area (Å²) in [5, 5.41) is 5.72. The van der Waals surface area contributed by atoms with Crippen LogP contribution in [0.2, 0.25) is 0 Å². The molecule has 0 aliphatic carbocycles. The van der Waals surface area contributed by atoms with Crippen molar-refractivity contribution in [1.29, 1.82) is 0 Å². The summed E-state index contributed by atoms with van der Waals surface area (Å²) in [6.07, 6.45) is 1.18. The minimum atomic E-state index is -0.0306. The van der Waals surface area contributed by atoms with Crippen LogP contribution >= 0.6 is 0 Å². The largest absolute Gasteiger partial charge is 0.463 e. The average molecular weight is 282 g/mol. The van der Waals surface area contributed by atoms with Crippen molar-refractivity contribution in [3.8, 4) is 6.01 Å². The van der Waals surface area contributed by atoms with Crippen LogP contribution in [-0.4, -0.2) is 40.1 Å². The molecule has 0 radical (unpaired) electrons. The Bertz CT molecular complexity index is 438. The fraction of sp³-hybridized carbons (Fsp3) is 0.667. The summed E-state index contributed by atoms with van der Waals surface area (Å²) in [5.74, 6) is 0.359. The van der Waals surface area contributed by atoms with Gasteiger partial charge in [0.25, 0.3) is 0 Å². The number of carbonyl (C=O) groups excluding carboxylic acids is 1. The quantitative estimate of drug-likeness (QED) is 0.638. The van der Waals surface area contributed by atoms with E-state index in [1.807, 2.05) is 20.8 Å². The molecule has 0 aliphatic rings. The van der Waals surface area contributed by atoms with E-state index in [2.05, 4.69) is 25.6 Å². The minimum absolute atomic E-state index is 0.0306. The molecule has 1 heterocycles. The maximum Gasteiger partial charge on any atom is 0.323 e. The van der Waals surface area contributed by atoms with Crippen molar-refractivity contribution >= 4 is 17.8 Å². The fourth-order valence-electron chi connectivity index (χ4n) is 1.39. The van der Waals surface area contributed by atoms with E-state index in [4.69, 9.17) is 10.5 Å². The lowest BCUT2D eigenvalue weighted by Crippen LogP contribution is -2.31. The third-order valence-corrected chi connectivity index (χ3v) is 2.15. The molecule has 4 N–H and O–H groups in total. The van der Waals surface area contributed by atoms with E-state index in [0.717, 1.165) is 6.42 Å². The number of aromatic nitrogens is 3. The van der Waals surface area contributed by atoms with Gasteiger partial charge < -0.3 is 21.1 Å². The van der Waals surface area contributed by atoms with Crippen LogP contribution in [0.4, 0.5) is 11.9 Å². The zero-order valence-electron chi connectivity index (χ0n) is 12.1. The highest BCUT2D eigenvalue weighted by molar-refractivity contribution is 5.76. The molecular weight excluding hydrogens is 260 g/mol. The summed E-state index contributed by atoms with van der Waals surface area (Å²) in [6.45, 7) is 6.73. The summed E-state index contributed by atoms with van der Waals surface area (Å²) < 4.78 is 5.30. The first-order valence-electron chi connectivity index (χ1n) is 6.68. The van der Waals surface area contributed by atoms with E-state index in [9.17, 15) is 4.79 Å². The molecule has 1 aromatic heterocycles. The predicted octanol–water partition coefficient (Wildman–Crippen LogP) is 0.569. The normalized spacial score (nSPS) is 10.4. The SMILES string of the molecule is CCCOc1nc(N)nc(NCCC(=O)NC(C)C)n1. The number of carbonyl (C=O) groups is 1. The molecule has 0 fully saturated rings. The number of nitrogens with zero attached hydrogens (tertiary/aromatic N) is 3. The van der Waals surface area contributed by atoms with Crippen molar-refractivity contribution in [2.75, 3.05) is 24.2 Å². The molecular formula is C12H22N6O2. The topological polar surface area (TPSA) is 115 Å². The lowest BCUT2D eigenvalue weighted by molar-refractivity contribution is -0.121. The lowest BCUT2D eigenvalue weighted by atomic mass is 10.3. The summed E-state index contributed by atoms with van der Waals surface area (Å²) in [6, 6.07) is 0.317. The van der Waals surface area contributed by atoms with Gasteiger partial charge in [0, 0.05) is 19.0 Å². The molecule has 0 aliphatic heterocycles. The Morgan fingerprint density at radius 3 is 2.75 bits per heavy atom. The van der Waals surface area contributed by atoms with Gasteiger partial charge in [0.2, 0.25) is 17.8 Å². The molecule has 0 spiro atoms. The first kappa shape index (κ1) is 15.9. The Kier molecular flexibility index (Phi) is 6.48. The smallest absolute Gasteiger partial charge is 0.323 e. The van der Waals surface area contributed by atoms with Gasteiger partial charge in [-0.1, -0.05) is 6.92 Å². The molecule has 1 aromatic rings. The molecule has 0 aromatic carbocycles. The highest BCUT2D eigenvalue weighted by Crippen LogP contribution is 2.09. The van der Waals surface area contributed by atoms with Crippen LogP contribution in [0.15, 0.2) is 0 Å². The van der Waals surface area contributed by atoms with Crippen molar-refractivity contribution < 1.29 is 9.53 Å². The Hall–Kier alpha value is -2.12. The van der Waals surface area contributed by atoms with Crippen LogP contribution in [0, 0.1) is 0 Å². The number of nitrogen functional groups attached to an aromatic ring is 1. The van der Waals surface area contributed by atoms with Gasteiger partial charge in [-0.15, -0.1) is 0 Å². The minimum Gasteiger partial charge on any atom is -0.463 e. The molecule has 20 heavy (non-hydrogen) atoms. The third kappa shape index (κ3) is 6.17. The maximum absolute atomic E-state index is 11.5. The number of rotatable bonds is 8. The van der Waals surface area contributed by atoms with Gasteiger partial charge in [0.05, 0.1) is 6.61 Å². The first-order chi connectivity index (χ1) is 9.51. The lowest BCUT2D eigenvalue weighted by Gasteiger charge is -2.09. The highest BCUT2D eigenvalue weighted by atomic mass is 16.5. The molecule has 0 saturated carbocycles. The van der Waals surface area contributed by atoms with Crippen LogP contribution in [0.3, 0.4) is 0 Å². The summed E-state index contributed by atoms with van der Waals surface area (Å²) in [5.41, 5.74) is 5.57. The van der Waals surface area contributed by atoms with Gasteiger partial charge in [-0.05, 0) is 20.3 Å². The first-order valence-corrected chi connectivity index (χ1v) is 6.68. The Morgan fingerprint density at radius 1 is 1.35 bits per heavy atom. The van der Waals surface area contributed by atoms with E-state index in [1.54, 1.807) is 0 Å². The summed E-state index contributed by atoms with van der Waals surface area (Å²) >= 11 is 0. The monoisotopic (exact) mass is 282 g/mol. The molecule has 1 rings (SSSR count). The molecule has 0 unspecified atom stereocenters. The Morgan fingerprint density at radius 2 is 2.10 bits per heavy atom. The fourth-order valence-corrected chi connectivity index (χ4v) is 1.39. The molecule has 0 bridgehead atoms. The molecule has 8 nitrogen and oxygen atoms in total. The molecule has 1 amide bonds. The van der Waals surface area contributed by atoms with Crippen molar-refractivity contribution in [1.82, 2.24) is 20.3 Å². The molecule has 0 atom stereocenters. The van der Waals surface area contributed by atoms with Crippen molar-refractivity contribution in [3.63, 3.8) is 0 Å². The van der Waals surface area contributed by atoms with Crippen LogP contribution in [0.1, 0.15) is 33.6 Å². The van der Waals surface area contributed by atoms with Crippen LogP contribution < -0.4 is 21.1 Å². The third-order valence-electron chi connectivity index (χ3n) is 2.15. The van der Waals surface area contributed by atoms with Crippen molar-refractivity contribution in [3.05, 3.63) is 0 Å². The number of anilines is 2. The van der Waals surface area contributed by atoms with Crippen LogP contribution in [0.25, 0.3) is 0 Å². The van der Waals surface area contributed by atoms with Gasteiger partial charge in [0.1, 0.15) is 0 Å². The number of nitrogens with two attached hydrogens (primary N) is 1. The molecule has 0 saturated heterocycles. The number of hydrogen-bond acceptors (Lipinski definition) is 7. The van der Waals surface area contributed by atoms with Crippen molar-refractivity contribution in [2.45, 2.75) is 39.7 Å². The average Bonchev–Trinajstić information content (AvgIpc) is 2.35. The second-order valence-corrected chi connectivity index (χ2v) is 4.55.